The van der Waals surface area contributed by atoms with Crippen molar-refractivity contribution in [2.24, 2.45) is 5.73 Å². The van der Waals surface area contributed by atoms with Crippen LogP contribution in [0.15, 0.2) is 42.5 Å². The second kappa shape index (κ2) is 9.32. The Morgan fingerprint density at radius 2 is 2.06 bits per heavy atom. The highest BCUT2D eigenvalue weighted by atomic mass is 16.3. The average Bonchev–Trinajstić information content (AvgIpc) is 3.16. The molecule has 1 amide bonds. The van der Waals surface area contributed by atoms with Crippen LogP contribution in [0.25, 0.3) is 16.6 Å². The first-order valence-electron chi connectivity index (χ1n) is 10.1. The molecule has 0 bridgehead atoms. The van der Waals surface area contributed by atoms with E-state index in [0.29, 0.717) is 40.5 Å². The van der Waals surface area contributed by atoms with Crippen LogP contribution in [-0.4, -0.2) is 63.3 Å². The number of carbonyl (C=O) groups excluding carboxylic acids is 2. The third kappa shape index (κ3) is 5.03. The first-order valence-corrected chi connectivity index (χ1v) is 10.1. The molecule has 1 heterocycles. The Kier molecular flexibility index (Phi) is 6.75. The van der Waals surface area contributed by atoms with Gasteiger partial charge in [0.1, 0.15) is 0 Å². The Balaban J connectivity index is 2.04. The van der Waals surface area contributed by atoms with E-state index in [4.69, 9.17) is 5.73 Å². The standard InChI is InChI=1S/C24H26N4O4/c1-16(30)18-7-8-21-20(14-18)22(23(25)31)26-28(21)19-6-4-5-17(13-19)9-10-24(32,15-29)11-12-27(2)3/h4-8,13-16,30,32H,11-12H2,1-3H3,(H2,25,31)/t16-,24+/m1/s1. The maximum Gasteiger partial charge on any atom is 0.269 e. The summed E-state index contributed by atoms with van der Waals surface area (Å²) in [6.07, 6.45) is -0.0630. The van der Waals surface area contributed by atoms with Crippen molar-refractivity contribution in [3.05, 3.63) is 59.3 Å². The van der Waals surface area contributed by atoms with Gasteiger partial charge < -0.3 is 20.8 Å². The lowest BCUT2D eigenvalue weighted by Gasteiger charge is -2.17. The van der Waals surface area contributed by atoms with Crippen molar-refractivity contribution in [1.29, 1.82) is 0 Å². The Morgan fingerprint density at radius 3 is 2.69 bits per heavy atom. The number of aldehydes is 1. The highest BCUT2D eigenvalue weighted by Gasteiger charge is 2.23. The lowest BCUT2D eigenvalue weighted by Crippen LogP contribution is -2.33. The van der Waals surface area contributed by atoms with Gasteiger partial charge in [0.2, 0.25) is 0 Å². The van der Waals surface area contributed by atoms with Crippen LogP contribution in [0.2, 0.25) is 0 Å². The summed E-state index contributed by atoms with van der Waals surface area (Å²) >= 11 is 0. The maximum atomic E-state index is 12.0. The molecule has 0 spiro atoms. The number of fused-ring (bicyclic) bond motifs is 1. The number of aromatic nitrogens is 2. The Labute approximate surface area is 186 Å². The van der Waals surface area contributed by atoms with Crippen LogP contribution in [0.4, 0.5) is 0 Å². The predicted octanol–water partition coefficient (Wildman–Crippen LogP) is 1.41. The fourth-order valence-electron chi connectivity index (χ4n) is 3.22. The first kappa shape index (κ1) is 23.2. The fraction of sp³-hybridized carbons (Fsp3) is 0.292. The topological polar surface area (TPSA) is 122 Å². The van der Waals surface area contributed by atoms with E-state index in [2.05, 4.69) is 16.9 Å². The van der Waals surface area contributed by atoms with Crippen LogP contribution in [0, 0.1) is 11.8 Å². The van der Waals surface area contributed by atoms with Gasteiger partial charge in [0.15, 0.2) is 17.6 Å². The van der Waals surface area contributed by atoms with E-state index in [0.717, 1.165) is 0 Å². The number of amides is 1. The van der Waals surface area contributed by atoms with Crippen LogP contribution >= 0.6 is 0 Å². The molecule has 1 aromatic heterocycles. The lowest BCUT2D eigenvalue weighted by molar-refractivity contribution is -0.119. The zero-order valence-electron chi connectivity index (χ0n) is 18.2. The highest BCUT2D eigenvalue weighted by Crippen LogP contribution is 2.26. The SMILES string of the molecule is C[C@@H](O)c1ccc2c(c1)c(C(N)=O)nn2-c1cccc(C#C[C@@](O)(C=O)CCN(C)C)c1. The summed E-state index contributed by atoms with van der Waals surface area (Å²) < 4.78 is 1.57. The van der Waals surface area contributed by atoms with Crippen LogP contribution in [-0.2, 0) is 4.79 Å². The molecule has 166 valence electrons. The summed E-state index contributed by atoms with van der Waals surface area (Å²) in [6, 6.07) is 12.3. The molecule has 0 radical (unpaired) electrons. The number of aliphatic hydroxyl groups is 2. The number of primary amides is 1. The van der Waals surface area contributed by atoms with Gasteiger partial charge in [0, 0.05) is 23.9 Å². The van der Waals surface area contributed by atoms with Gasteiger partial charge in [0.25, 0.3) is 5.91 Å². The number of benzene rings is 2. The first-order chi connectivity index (χ1) is 15.1. The zero-order chi connectivity index (χ0) is 23.5. The summed E-state index contributed by atoms with van der Waals surface area (Å²) in [4.78, 5) is 25.2. The molecule has 0 saturated heterocycles. The van der Waals surface area contributed by atoms with Crippen molar-refractivity contribution in [1.82, 2.24) is 14.7 Å². The normalized spacial score (nSPS) is 13.9. The smallest absolute Gasteiger partial charge is 0.269 e. The second-order valence-electron chi connectivity index (χ2n) is 7.97. The molecule has 8 heteroatoms. The number of nitrogens with zero attached hydrogens (tertiary/aromatic N) is 3. The molecule has 0 fully saturated rings. The van der Waals surface area contributed by atoms with Crippen molar-refractivity contribution in [3.63, 3.8) is 0 Å². The van der Waals surface area contributed by atoms with E-state index in [9.17, 15) is 19.8 Å². The lowest BCUT2D eigenvalue weighted by atomic mass is 10.0. The van der Waals surface area contributed by atoms with Gasteiger partial charge in [-0.05, 0) is 56.9 Å². The molecule has 2 aromatic carbocycles. The number of hydrogen-bond acceptors (Lipinski definition) is 6. The van der Waals surface area contributed by atoms with E-state index < -0.39 is 17.6 Å². The molecule has 4 N–H and O–H groups in total. The van der Waals surface area contributed by atoms with E-state index >= 15 is 0 Å². The molecule has 3 aromatic rings. The van der Waals surface area contributed by atoms with Gasteiger partial charge in [-0.2, -0.15) is 5.10 Å². The summed E-state index contributed by atoms with van der Waals surface area (Å²) in [6.45, 7) is 2.14. The van der Waals surface area contributed by atoms with Crippen LogP contribution in [0.1, 0.15) is 41.1 Å². The van der Waals surface area contributed by atoms with E-state index in [1.54, 1.807) is 54.1 Å². The van der Waals surface area contributed by atoms with Crippen molar-refractivity contribution >= 4 is 23.1 Å². The van der Waals surface area contributed by atoms with Crippen LogP contribution in [0.5, 0.6) is 0 Å². The quantitative estimate of drug-likeness (QED) is 0.382. The Bertz CT molecular complexity index is 1220. The molecule has 0 aliphatic heterocycles. The minimum absolute atomic E-state index is 0.0954. The van der Waals surface area contributed by atoms with Crippen molar-refractivity contribution in [2.75, 3.05) is 20.6 Å². The molecule has 32 heavy (non-hydrogen) atoms. The summed E-state index contributed by atoms with van der Waals surface area (Å²) in [7, 11) is 3.70. The average molecular weight is 434 g/mol. The van der Waals surface area contributed by atoms with Gasteiger partial charge in [-0.15, -0.1) is 0 Å². The van der Waals surface area contributed by atoms with Crippen molar-refractivity contribution in [2.45, 2.75) is 25.0 Å². The molecule has 3 rings (SSSR count). The summed E-state index contributed by atoms with van der Waals surface area (Å²) in [5.74, 6) is 4.84. The zero-order valence-corrected chi connectivity index (χ0v) is 18.2. The van der Waals surface area contributed by atoms with Gasteiger partial charge >= 0.3 is 0 Å². The number of nitrogens with two attached hydrogens (primary N) is 1. The minimum atomic E-state index is -1.74. The second-order valence-corrected chi connectivity index (χ2v) is 7.97. The van der Waals surface area contributed by atoms with E-state index in [-0.39, 0.29) is 12.1 Å². The third-order valence-corrected chi connectivity index (χ3v) is 5.07. The molecule has 0 aliphatic carbocycles. The Hall–Kier alpha value is -3.51. The molecule has 2 atom stereocenters. The molecular weight excluding hydrogens is 408 g/mol. The molecule has 0 unspecified atom stereocenters. The van der Waals surface area contributed by atoms with Gasteiger partial charge in [-0.25, -0.2) is 4.68 Å². The maximum absolute atomic E-state index is 12.0. The Morgan fingerprint density at radius 1 is 1.31 bits per heavy atom. The van der Waals surface area contributed by atoms with Crippen molar-refractivity contribution in [3.8, 4) is 17.5 Å². The largest absolute Gasteiger partial charge is 0.389 e. The minimum Gasteiger partial charge on any atom is -0.389 e. The van der Waals surface area contributed by atoms with Gasteiger partial charge in [0.05, 0.1) is 17.3 Å². The number of carbonyl (C=O) groups is 2. The van der Waals surface area contributed by atoms with E-state index in [1.807, 2.05) is 19.0 Å². The van der Waals surface area contributed by atoms with Gasteiger partial charge in [-0.3, -0.25) is 9.59 Å². The number of aliphatic hydroxyl groups excluding tert-OH is 1. The fourth-order valence-corrected chi connectivity index (χ4v) is 3.22. The van der Waals surface area contributed by atoms with Crippen LogP contribution in [0.3, 0.4) is 0 Å². The van der Waals surface area contributed by atoms with Crippen molar-refractivity contribution < 1.29 is 19.8 Å². The molecule has 0 aliphatic rings. The number of rotatable bonds is 7. The van der Waals surface area contributed by atoms with Crippen LogP contribution < -0.4 is 5.73 Å². The van der Waals surface area contributed by atoms with E-state index in [1.165, 1.54) is 0 Å². The summed E-state index contributed by atoms with van der Waals surface area (Å²) in [5, 5.41) is 25.2. The molecule has 0 saturated carbocycles. The monoisotopic (exact) mass is 434 g/mol. The van der Waals surface area contributed by atoms with Gasteiger partial charge in [-0.1, -0.05) is 24.0 Å². The summed E-state index contributed by atoms with van der Waals surface area (Å²) in [5.41, 5.74) is 6.36. The molecule has 8 nitrogen and oxygen atoms in total. The number of hydrogen-bond donors (Lipinski definition) is 3. The predicted molar refractivity (Wildman–Crippen MR) is 121 cm³/mol. The highest BCUT2D eigenvalue weighted by molar-refractivity contribution is 6.04. The molecular formula is C24H26N4O4. The third-order valence-electron chi connectivity index (χ3n) is 5.07.